The van der Waals surface area contributed by atoms with E-state index in [9.17, 15) is 9.59 Å². The number of anilines is 2. The van der Waals surface area contributed by atoms with Crippen LogP contribution in [0.15, 0.2) is 48.5 Å². The summed E-state index contributed by atoms with van der Waals surface area (Å²) in [6.45, 7) is 5.94. The van der Waals surface area contributed by atoms with E-state index in [0.29, 0.717) is 24.4 Å². The lowest BCUT2D eigenvalue weighted by molar-refractivity contribution is 0.102. The summed E-state index contributed by atoms with van der Waals surface area (Å²) in [5, 5.41) is 8.46. The van der Waals surface area contributed by atoms with Crippen molar-refractivity contribution in [1.29, 1.82) is 0 Å². The van der Waals surface area contributed by atoms with Crippen molar-refractivity contribution in [2.24, 2.45) is 0 Å². The fourth-order valence-corrected chi connectivity index (χ4v) is 2.51. The number of urea groups is 1. The van der Waals surface area contributed by atoms with E-state index < -0.39 is 0 Å². The van der Waals surface area contributed by atoms with E-state index in [4.69, 9.17) is 4.74 Å². The molecule has 6 nitrogen and oxygen atoms in total. The zero-order chi connectivity index (χ0) is 20.2. The number of nitrogens with one attached hydrogen (secondary N) is 3. The van der Waals surface area contributed by atoms with Crippen LogP contribution in [0.5, 0.6) is 0 Å². The summed E-state index contributed by atoms with van der Waals surface area (Å²) in [4.78, 5) is 24.5. The average Bonchev–Trinajstić information content (AvgIpc) is 2.69. The van der Waals surface area contributed by atoms with Crippen LogP contribution >= 0.6 is 0 Å². The highest BCUT2D eigenvalue weighted by Gasteiger charge is 2.10. The molecule has 2 aromatic rings. The van der Waals surface area contributed by atoms with Crippen LogP contribution in [-0.2, 0) is 4.74 Å². The first kappa shape index (κ1) is 21.4. The standard InChI is InChI=1S/C22H29N3O3/c1-3-4-14-28-15-8-13-23-22(27)25-20-16-18(12-11-17(20)2)21(26)24-19-9-6-5-7-10-19/h5-7,9-12,16H,3-4,8,13-15H2,1-2H3,(H,24,26)(H2,23,25,27). The minimum atomic E-state index is -0.294. The summed E-state index contributed by atoms with van der Waals surface area (Å²) in [6, 6.07) is 14.2. The summed E-state index contributed by atoms with van der Waals surface area (Å²) in [5.41, 5.74) is 2.70. The zero-order valence-electron chi connectivity index (χ0n) is 16.6. The maximum Gasteiger partial charge on any atom is 0.319 e. The molecule has 150 valence electrons. The van der Waals surface area contributed by atoms with Gasteiger partial charge in [0, 0.05) is 36.7 Å². The van der Waals surface area contributed by atoms with Crippen LogP contribution in [0.1, 0.15) is 42.1 Å². The van der Waals surface area contributed by atoms with Crippen molar-refractivity contribution in [2.75, 3.05) is 30.4 Å². The highest BCUT2D eigenvalue weighted by molar-refractivity contribution is 6.05. The minimum absolute atomic E-state index is 0.223. The van der Waals surface area contributed by atoms with Crippen LogP contribution in [-0.4, -0.2) is 31.7 Å². The molecular formula is C22H29N3O3. The molecular weight excluding hydrogens is 354 g/mol. The normalized spacial score (nSPS) is 10.4. The molecule has 0 heterocycles. The largest absolute Gasteiger partial charge is 0.381 e. The Kier molecular flexibility index (Phi) is 9.01. The molecule has 0 atom stereocenters. The molecule has 0 aliphatic rings. The van der Waals surface area contributed by atoms with Crippen LogP contribution in [0.25, 0.3) is 0 Å². The Labute approximate surface area is 166 Å². The number of hydrogen-bond donors (Lipinski definition) is 3. The predicted octanol–water partition coefficient (Wildman–Crippen LogP) is 4.58. The van der Waals surface area contributed by atoms with Gasteiger partial charge in [0.15, 0.2) is 0 Å². The fourth-order valence-electron chi connectivity index (χ4n) is 2.51. The summed E-state index contributed by atoms with van der Waals surface area (Å²) < 4.78 is 5.47. The topological polar surface area (TPSA) is 79.5 Å². The molecule has 2 rings (SSSR count). The number of carbonyl (C=O) groups excluding carboxylic acids is 2. The third kappa shape index (κ3) is 7.40. The lowest BCUT2D eigenvalue weighted by atomic mass is 10.1. The van der Waals surface area contributed by atoms with Gasteiger partial charge in [-0.05, 0) is 49.6 Å². The second-order valence-electron chi connectivity index (χ2n) is 6.55. The van der Waals surface area contributed by atoms with Crippen molar-refractivity contribution in [3.8, 4) is 0 Å². The van der Waals surface area contributed by atoms with Crippen molar-refractivity contribution in [1.82, 2.24) is 5.32 Å². The number of para-hydroxylation sites is 1. The van der Waals surface area contributed by atoms with Crippen molar-refractivity contribution in [3.05, 3.63) is 59.7 Å². The highest BCUT2D eigenvalue weighted by Crippen LogP contribution is 2.18. The first-order valence-electron chi connectivity index (χ1n) is 9.69. The van der Waals surface area contributed by atoms with Crippen molar-refractivity contribution >= 4 is 23.3 Å². The number of ether oxygens (including phenoxy) is 1. The van der Waals surface area contributed by atoms with Gasteiger partial charge < -0.3 is 20.7 Å². The maximum atomic E-state index is 12.4. The fraction of sp³-hybridized carbons (Fsp3) is 0.364. The Morgan fingerprint density at radius 1 is 0.964 bits per heavy atom. The van der Waals surface area contributed by atoms with E-state index in [-0.39, 0.29) is 11.9 Å². The molecule has 6 heteroatoms. The molecule has 0 aliphatic heterocycles. The lowest BCUT2D eigenvalue weighted by Crippen LogP contribution is -2.30. The summed E-state index contributed by atoms with van der Waals surface area (Å²) in [6.07, 6.45) is 2.93. The minimum Gasteiger partial charge on any atom is -0.381 e. The third-order valence-electron chi connectivity index (χ3n) is 4.17. The van der Waals surface area contributed by atoms with E-state index in [2.05, 4.69) is 22.9 Å². The molecule has 0 aromatic heterocycles. The van der Waals surface area contributed by atoms with Crippen LogP contribution < -0.4 is 16.0 Å². The molecule has 0 aliphatic carbocycles. The molecule has 0 radical (unpaired) electrons. The van der Waals surface area contributed by atoms with Crippen molar-refractivity contribution in [3.63, 3.8) is 0 Å². The van der Waals surface area contributed by atoms with Crippen molar-refractivity contribution < 1.29 is 14.3 Å². The van der Waals surface area contributed by atoms with Gasteiger partial charge in [0.25, 0.3) is 5.91 Å². The molecule has 0 fully saturated rings. The molecule has 0 saturated heterocycles. The SMILES string of the molecule is CCCCOCCCNC(=O)Nc1cc(C(=O)Nc2ccccc2)ccc1C. The van der Waals surface area contributed by atoms with Gasteiger partial charge in [0.1, 0.15) is 0 Å². The van der Waals surface area contributed by atoms with E-state index in [0.717, 1.165) is 37.1 Å². The van der Waals surface area contributed by atoms with Gasteiger partial charge in [0.2, 0.25) is 0 Å². The van der Waals surface area contributed by atoms with Gasteiger partial charge >= 0.3 is 6.03 Å². The van der Waals surface area contributed by atoms with Gasteiger partial charge in [-0.1, -0.05) is 37.6 Å². The lowest BCUT2D eigenvalue weighted by Gasteiger charge is -2.12. The Balaban J connectivity index is 1.83. The smallest absolute Gasteiger partial charge is 0.319 e. The summed E-state index contributed by atoms with van der Waals surface area (Å²) >= 11 is 0. The van der Waals surface area contributed by atoms with E-state index in [1.807, 2.05) is 43.3 Å². The summed E-state index contributed by atoms with van der Waals surface area (Å²) in [7, 11) is 0. The number of hydrogen-bond acceptors (Lipinski definition) is 3. The number of carbonyl (C=O) groups is 2. The van der Waals surface area contributed by atoms with E-state index in [1.165, 1.54) is 0 Å². The molecule has 0 unspecified atom stereocenters. The first-order valence-corrected chi connectivity index (χ1v) is 9.69. The number of aryl methyl sites for hydroxylation is 1. The molecule has 0 saturated carbocycles. The maximum absolute atomic E-state index is 12.4. The Hall–Kier alpha value is -2.86. The van der Waals surface area contributed by atoms with Gasteiger partial charge in [0.05, 0.1) is 0 Å². The average molecular weight is 383 g/mol. The Morgan fingerprint density at radius 2 is 1.71 bits per heavy atom. The monoisotopic (exact) mass is 383 g/mol. The van der Waals surface area contributed by atoms with Gasteiger partial charge in [-0.15, -0.1) is 0 Å². The quantitative estimate of drug-likeness (QED) is 0.526. The second kappa shape index (κ2) is 11.8. The molecule has 2 aromatic carbocycles. The van der Waals surface area contributed by atoms with Gasteiger partial charge in [-0.25, -0.2) is 4.79 Å². The van der Waals surface area contributed by atoms with E-state index in [1.54, 1.807) is 12.1 Å². The number of unbranched alkanes of at least 4 members (excludes halogenated alkanes) is 1. The number of benzene rings is 2. The molecule has 0 bridgehead atoms. The molecule has 3 N–H and O–H groups in total. The number of rotatable bonds is 10. The second-order valence-corrected chi connectivity index (χ2v) is 6.55. The van der Waals surface area contributed by atoms with Crippen LogP contribution in [0.3, 0.4) is 0 Å². The molecule has 0 spiro atoms. The van der Waals surface area contributed by atoms with Crippen molar-refractivity contribution in [2.45, 2.75) is 33.1 Å². The van der Waals surface area contributed by atoms with Crippen LogP contribution in [0.2, 0.25) is 0 Å². The first-order chi connectivity index (χ1) is 13.6. The van der Waals surface area contributed by atoms with Gasteiger partial charge in [-0.2, -0.15) is 0 Å². The van der Waals surface area contributed by atoms with Gasteiger partial charge in [-0.3, -0.25) is 4.79 Å². The van der Waals surface area contributed by atoms with Crippen LogP contribution in [0.4, 0.5) is 16.2 Å². The molecule has 28 heavy (non-hydrogen) atoms. The third-order valence-corrected chi connectivity index (χ3v) is 4.17. The van der Waals surface area contributed by atoms with Crippen LogP contribution in [0, 0.1) is 6.92 Å². The predicted molar refractivity (Wildman–Crippen MR) is 113 cm³/mol. The number of amides is 3. The Bertz CT molecular complexity index is 763. The van der Waals surface area contributed by atoms with E-state index >= 15 is 0 Å². The molecule has 3 amide bonds. The summed E-state index contributed by atoms with van der Waals surface area (Å²) in [5.74, 6) is -0.223. The zero-order valence-corrected chi connectivity index (χ0v) is 16.6. The Morgan fingerprint density at radius 3 is 2.46 bits per heavy atom. The highest BCUT2D eigenvalue weighted by atomic mass is 16.5.